The summed E-state index contributed by atoms with van der Waals surface area (Å²) < 4.78 is 11.6. The smallest absolute Gasteiger partial charge is 0.280 e. The van der Waals surface area contributed by atoms with Gasteiger partial charge in [0.25, 0.3) is 5.91 Å². The summed E-state index contributed by atoms with van der Waals surface area (Å²) in [6, 6.07) is 14.6. The standard InChI is InChI=1S/C17H17BrN2O3/c1-12(23-16-9-5-14(18)6-10-16)17(21)20-19-11-13-3-7-15(22-2)8-4-13/h3-12H,1-2H3,(H,20,21)/b19-11-/t12-/m1/s1. The number of methoxy groups -OCH3 is 1. The second kappa shape index (κ2) is 8.33. The third kappa shape index (κ3) is 5.41. The molecule has 2 rings (SSSR count). The summed E-state index contributed by atoms with van der Waals surface area (Å²) in [6.07, 6.45) is 0.910. The van der Waals surface area contributed by atoms with E-state index in [9.17, 15) is 4.79 Å². The Bertz CT molecular complexity index is 669. The molecule has 0 radical (unpaired) electrons. The van der Waals surface area contributed by atoms with Crippen molar-refractivity contribution in [2.75, 3.05) is 7.11 Å². The van der Waals surface area contributed by atoms with E-state index in [2.05, 4.69) is 26.5 Å². The summed E-state index contributed by atoms with van der Waals surface area (Å²) in [6.45, 7) is 1.67. The number of benzene rings is 2. The van der Waals surface area contributed by atoms with Gasteiger partial charge in [-0.15, -0.1) is 0 Å². The van der Waals surface area contributed by atoms with E-state index in [0.717, 1.165) is 15.8 Å². The largest absolute Gasteiger partial charge is 0.497 e. The maximum absolute atomic E-state index is 11.9. The number of ether oxygens (including phenoxy) is 2. The molecule has 5 nitrogen and oxygen atoms in total. The van der Waals surface area contributed by atoms with E-state index in [-0.39, 0.29) is 5.91 Å². The number of halogens is 1. The fourth-order valence-corrected chi connectivity index (χ4v) is 1.99. The van der Waals surface area contributed by atoms with E-state index >= 15 is 0 Å². The summed E-state index contributed by atoms with van der Waals surface area (Å²) in [7, 11) is 1.61. The molecule has 0 unspecified atom stereocenters. The molecule has 0 aliphatic heterocycles. The van der Waals surface area contributed by atoms with Crippen molar-refractivity contribution < 1.29 is 14.3 Å². The highest BCUT2D eigenvalue weighted by Crippen LogP contribution is 2.17. The number of carbonyl (C=O) groups excluding carboxylic acids is 1. The number of hydrazone groups is 1. The molecule has 0 aromatic heterocycles. The third-order valence-corrected chi connectivity index (χ3v) is 3.53. The highest BCUT2D eigenvalue weighted by atomic mass is 79.9. The molecule has 0 fully saturated rings. The zero-order chi connectivity index (χ0) is 16.7. The molecule has 0 spiro atoms. The lowest BCUT2D eigenvalue weighted by Gasteiger charge is -2.12. The zero-order valence-electron chi connectivity index (χ0n) is 12.8. The van der Waals surface area contributed by atoms with Crippen LogP contribution in [0.1, 0.15) is 12.5 Å². The first kappa shape index (κ1) is 17.0. The van der Waals surface area contributed by atoms with E-state index in [4.69, 9.17) is 9.47 Å². The summed E-state index contributed by atoms with van der Waals surface area (Å²) in [5.41, 5.74) is 3.31. The van der Waals surface area contributed by atoms with Crippen molar-refractivity contribution in [2.45, 2.75) is 13.0 Å². The Balaban J connectivity index is 1.85. The number of carbonyl (C=O) groups is 1. The first-order chi connectivity index (χ1) is 11.1. The molecule has 0 aliphatic rings. The van der Waals surface area contributed by atoms with E-state index in [1.807, 2.05) is 36.4 Å². The highest BCUT2D eigenvalue weighted by molar-refractivity contribution is 9.10. The van der Waals surface area contributed by atoms with Gasteiger partial charge in [0.2, 0.25) is 0 Å². The van der Waals surface area contributed by atoms with Gasteiger partial charge in [-0.3, -0.25) is 4.79 Å². The molecular weight excluding hydrogens is 360 g/mol. The van der Waals surface area contributed by atoms with Crippen LogP contribution in [-0.2, 0) is 4.79 Å². The molecule has 0 heterocycles. The second-order valence-electron chi connectivity index (χ2n) is 4.72. The first-order valence-electron chi connectivity index (χ1n) is 6.97. The molecular formula is C17H17BrN2O3. The number of nitrogens with zero attached hydrogens (tertiary/aromatic N) is 1. The quantitative estimate of drug-likeness (QED) is 0.620. The van der Waals surface area contributed by atoms with E-state index in [1.165, 1.54) is 0 Å². The van der Waals surface area contributed by atoms with Gasteiger partial charge in [-0.25, -0.2) is 5.43 Å². The van der Waals surface area contributed by atoms with Crippen LogP contribution in [0.2, 0.25) is 0 Å². The molecule has 23 heavy (non-hydrogen) atoms. The highest BCUT2D eigenvalue weighted by Gasteiger charge is 2.13. The van der Waals surface area contributed by atoms with Crippen molar-refractivity contribution in [3.63, 3.8) is 0 Å². The fourth-order valence-electron chi connectivity index (χ4n) is 1.72. The van der Waals surface area contributed by atoms with Gasteiger partial charge in [0, 0.05) is 4.47 Å². The lowest BCUT2D eigenvalue weighted by atomic mass is 10.2. The minimum Gasteiger partial charge on any atom is -0.497 e. The van der Waals surface area contributed by atoms with Crippen molar-refractivity contribution in [2.24, 2.45) is 5.10 Å². The number of nitrogens with one attached hydrogen (secondary N) is 1. The average Bonchev–Trinajstić information content (AvgIpc) is 2.57. The van der Waals surface area contributed by atoms with Crippen LogP contribution >= 0.6 is 15.9 Å². The summed E-state index contributed by atoms with van der Waals surface area (Å²) in [4.78, 5) is 11.9. The predicted molar refractivity (Wildman–Crippen MR) is 93.0 cm³/mol. The molecule has 0 bridgehead atoms. The topological polar surface area (TPSA) is 59.9 Å². The van der Waals surface area contributed by atoms with Crippen molar-refractivity contribution >= 4 is 28.1 Å². The van der Waals surface area contributed by atoms with Crippen LogP contribution in [-0.4, -0.2) is 25.3 Å². The van der Waals surface area contributed by atoms with Crippen LogP contribution in [0.5, 0.6) is 11.5 Å². The van der Waals surface area contributed by atoms with Crippen molar-refractivity contribution in [1.29, 1.82) is 0 Å². The molecule has 120 valence electrons. The number of hydrogen-bond acceptors (Lipinski definition) is 4. The van der Waals surface area contributed by atoms with E-state index < -0.39 is 6.10 Å². The van der Waals surface area contributed by atoms with E-state index in [0.29, 0.717) is 5.75 Å². The minimum absolute atomic E-state index is 0.322. The van der Waals surface area contributed by atoms with Crippen molar-refractivity contribution in [3.8, 4) is 11.5 Å². The maximum Gasteiger partial charge on any atom is 0.280 e. The third-order valence-electron chi connectivity index (χ3n) is 3.00. The molecule has 1 atom stereocenters. The molecule has 1 N–H and O–H groups in total. The molecule has 0 saturated carbocycles. The number of hydrogen-bond donors (Lipinski definition) is 1. The molecule has 0 aliphatic carbocycles. The summed E-state index contributed by atoms with van der Waals surface area (Å²) in [5.74, 6) is 1.07. The Kier molecular flexibility index (Phi) is 6.17. The Labute approximate surface area is 143 Å². The average molecular weight is 377 g/mol. The van der Waals surface area contributed by atoms with Crippen LogP contribution in [0.3, 0.4) is 0 Å². The van der Waals surface area contributed by atoms with Gasteiger partial charge in [-0.2, -0.15) is 5.10 Å². The SMILES string of the molecule is COc1ccc(/C=N\NC(=O)[C@@H](C)Oc2ccc(Br)cc2)cc1. The Morgan fingerprint density at radius 3 is 2.35 bits per heavy atom. The molecule has 1 amide bonds. The zero-order valence-corrected chi connectivity index (χ0v) is 14.4. The summed E-state index contributed by atoms with van der Waals surface area (Å²) in [5, 5.41) is 3.92. The van der Waals surface area contributed by atoms with Crippen molar-refractivity contribution in [1.82, 2.24) is 5.43 Å². The lowest BCUT2D eigenvalue weighted by Crippen LogP contribution is -2.33. The molecule has 0 saturated heterocycles. The van der Waals surface area contributed by atoms with Gasteiger partial charge < -0.3 is 9.47 Å². The van der Waals surface area contributed by atoms with Gasteiger partial charge in [-0.1, -0.05) is 15.9 Å². The second-order valence-corrected chi connectivity index (χ2v) is 5.64. The van der Waals surface area contributed by atoms with Gasteiger partial charge in [0.05, 0.1) is 13.3 Å². The van der Waals surface area contributed by atoms with Gasteiger partial charge in [0.1, 0.15) is 11.5 Å². The van der Waals surface area contributed by atoms with E-state index in [1.54, 1.807) is 32.4 Å². The van der Waals surface area contributed by atoms with Crippen LogP contribution in [0, 0.1) is 0 Å². The van der Waals surface area contributed by atoms with Crippen LogP contribution in [0.25, 0.3) is 0 Å². The Morgan fingerprint density at radius 2 is 1.74 bits per heavy atom. The fraction of sp³-hybridized carbons (Fsp3) is 0.176. The molecule has 2 aromatic rings. The number of amides is 1. The first-order valence-corrected chi connectivity index (χ1v) is 7.77. The normalized spacial score (nSPS) is 12.0. The monoisotopic (exact) mass is 376 g/mol. The summed E-state index contributed by atoms with van der Waals surface area (Å²) >= 11 is 3.34. The minimum atomic E-state index is -0.649. The van der Waals surface area contributed by atoms with Crippen LogP contribution in [0.15, 0.2) is 58.1 Å². The van der Waals surface area contributed by atoms with Gasteiger partial charge >= 0.3 is 0 Å². The van der Waals surface area contributed by atoms with Crippen LogP contribution < -0.4 is 14.9 Å². The number of rotatable bonds is 6. The van der Waals surface area contributed by atoms with Crippen LogP contribution in [0.4, 0.5) is 0 Å². The predicted octanol–water partition coefficient (Wildman–Crippen LogP) is 3.38. The lowest BCUT2D eigenvalue weighted by molar-refractivity contribution is -0.127. The van der Waals surface area contributed by atoms with Gasteiger partial charge in [-0.05, 0) is 61.0 Å². The molecule has 2 aromatic carbocycles. The maximum atomic E-state index is 11.9. The van der Waals surface area contributed by atoms with Crippen molar-refractivity contribution in [3.05, 3.63) is 58.6 Å². The Morgan fingerprint density at radius 1 is 1.13 bits per heavy atom. The Hall–Kier alpha value is -2.34. The molecule has 6 heteroatoms. The van der Waals surface area contributed by atoms with Gasteiger partial charge in [0.15, 0.2) is 6.10 Å².